The minimum absolute atomic E-state index is 0.0234. The average Bonchev–Trinajstić information content (AvgIpc) is 2.35. The van der Waals surface area contributed by atoms with Crippen molar-refractivity contribution in [1.82, 2.24) is 4.98 Å². The lowest BCUT2D eigenvalue weighted by atomic mass is 10.1. The van der Waals surface area contributed by atoms with Crippen molar-refractivity contribution in [3.8, 4) is 11.3 Å². The molecule has 0 unspecified atom stereocenters. The van der Waals surface area contributed by atoms with Crippen LogP contribution in [0.4, 0.5) is 0 Å². The molecule has 0 spiro atoms. The van der Waals surface area contributed by atoms with Crippen molar-refractivity contribution in [2.45, 2.75) is 0 Å². The van der Waals surface area contributed by atoms with E-state index >= 15 is 0 Å². The number of nitrogens with zero attached hydrogens (tertiary/aromatic N) is 1. The van der Waals surface area contributed by atoms with Gasteiger partial charge >= 0.3 is 5.97 Å². The average molecular weight is 337 g/mol. The van der Waals surface area contributed by atoms with Crippen molar-refractivity contribution in [3.63, 3.8) is 0 Å². The van der Waals surface area contributed by atoms with E-state index in [1.807, 2.05) is 0 Å². The molecule has 2 aromatic rings. The molecule has 0 radical (unpaired) electrons. The zero-order valence-electron chi connectivity index (χ0n) is 9.12. The number of halogens is 4. The van der Waals surface area contributed by atoms with Crippen LogP contribution in [0.25, 0.3) is 11.3 Å². The van der Waals surface area contributed by atoms with E-state index in [0.29, 0.717) is 5.56 Å². The molecule has 1 heterocycles. The van der Waals surface area contributed by atoms with Gasteiger partial charge in [0.05, 0.1) is 26.3 Å². The maximum absolute atomic E-state index is 11.2. The summed E-state index contributed by atoms with van der Waals surface area (Å²) in [5, 5.41) is 9.84. The van der Waals surface area contributed by atoms with Gasteiger partial charge in [0.2, 0.25) is 0 Å². The molecule has 2 rings (SSSR count). The van der Waals surface area contributed by atoms with Crippen LogP contribution in [-0.2, 0) is 0 Å². The number of pyridine rings is 1. The molecule has 19 heavy (non-hydrogen) atoms. The minimum atomic E-state index is -1.14. The van der Waals surface area contributed by atoms with Crippen LogP contribution in [0, 0.1) is 0 Å². The zero-order valence-corrected chi connectivity index (χ0v) is 12.1. The molecular formula is C12H5Cl4NO2. The molecule has 0 atom stereocenters. The monoisotopic (exact) mass is 335 g/mol. The van der Waals surface area contributed by atoms with Gasteiger partial charge in [0.15, 0.2) is 0 Å². The van der Waals surface area contributed by atoms with Crippen molar-refractivity contribution >= 4 is 52.4 Å². The molecule has 0 saturated heterocycles. The van der Waals surface area contributed by atoms with E-state index in [4.69, 9.17) is 51.5 Å². The Bertz CT molecular complexity index is 673. The highest BCUT2D eigenvalue weighted by molar-refractivity contribution is 6.49. The number of hydrogen-bond acceptors (Lipinski definition) is 2. The van der Waals surface area contributed by atoms with Crippen LogP contribution in [0.2, 0.25) is 20.2 Å². The van der Waals surface area contributed by atoms with Gasteiger partial charge in [-0.15, -0.1) is 0 Å². The molecule has 0 aliphatic carbocycles. The largest absolute Gasteiger partial charge is 0.478 e. The van der Waals surface area contributed by atoms with E-state index in [9.17, 15) is 4.79 Å². The Morgan fingerprint density at radius 3 is 2.32 bits per heavy atom. The Balaban J connectivity index is 2.75. The number of carbonyl (C=O) groups is 1. The van der Waals surface area contributed by atoms with E-state index < -0.39 is 5.97 Å². The second-order valence-electron chi connectivity index (χ2n) is 3.56. The first-order valence-electron chi connectivity index (χ1n) is 4.95. The molecule has 7 heteroatoms. The zero-order chi connectivity index (χ0) is 14.2. The predicted octanol–water partition coefficient (Wildman–Crippen LogP) is 5.06. The lowest BCUT2D eigenvalue weighted by Crippen LogP contribution is -2.02. The highest BCUT2D eigenvalue weighted by Crippen LogP contribution is 2.38. The highest BCUT2D eigenvalue weighted by Gasteiger charge is 2.18. The van der Waals surface area contributed by atoms with Crippen LogP contribution >= 0.6 is 46.4 Å². The normalized spacial score (nSPS) is 10.5. The number of hydrogen-bond donors (Lipinski definition) is 1. The molecule has 0 bridgehead atoms. The number of carboxylic acids is 1. The molecule has 0 aliphatic rings. The van der Waals surface area contributed by atoms with Gasteiger partial charge in [0.1, 0.15) is 5.15 Å². The number of aromatic carboxylic acids is 1. The van der Waals surface area contributed by atoms with Crippen LogP contribution in [0.5, 0.6) is 0 Å². The summed E-state index contributed by atoms with van der Waals surface area (Å²) in [6.45, 7) is 0. The summed E-state index contributed by atoms with van der Waals surface area (Å²) in [6.07, 6.45) is 0. The van der Waals surface area contributed by atoms with Gasteiger partial charge in [-0.2, -0.15) is 0 Å². The first kappa shape index (κ1) is 14.4. The van der Waals surface area contributed by atoms with Crippen LogP contribution in [-0.4, -0.2) is 16.1 Å². The Morgan fingerprint density at radius 1 is 1.00 bits per heavy atom. The van der Waals surface area contributed by atoms with E-state index in [0.717, 1.165) is 0 Å². The quantitative estimate of drug-likeness (QED) is 0.616. The summed E-state index contributed by atoms with van der Waals surface area (Å²) in [6, 6.07) is 5.80. The van der Waals surface area contributed by atoms with Crippen molar-refractivity contribution in [1.29, 1.82) is 0 Å². The molecule has 1 N–H and O–H groups in total. The second kappa shape index (κ2) is 5.55. The standard InChI is InChI=1S/C12H5Cl4NO2/c13-7-3-1-5(9(15)10(7)16)11-6(12(18)19)2-4-8(14)17-11/h1-4H,(H,18,19). The third kappa shape index (κ3) is 2.79. The third-order valence-electron chi connectivity index (χ3n) is 2.38. The van der Waals surface area contributed by atoms with E-state index in [2.05, 4.69) is 4.98 Å². The Hall–Kier alpha value is -1.000. The fourth-order valence-corrected chi connectivity index (χ4v) is 2.29. The van der Waals surface area contributed by atoms with E-state index in [-0.39, 0.29) is 31.5 Å². The fourth-order valence-electron chi connectivity index (χ4n) is 1.52. The first-order chi connectivity index (χ1) is 8.91. The van der Waals surface area contributed by atoms with Gasteiger partial charge in [0.25, 0.3) is 0 Å². The van der Waals surface area contributed by atoms with Crippen LogP contribution in [0.1, 0.15) is 10.4 Å². The maximum Gasteiger partial charge on any atom is 0.337 e. The lowest BCUT2D eigenvalue weighted by molar-refractivity contribution is 0.0697. The molecule has 0 fully saturated rings. The van der Waals surface area contributed by atoms with Gasteiger partial charge in [-0.25, -0.2) is 9.78 Å². The Kier molecular flexibility index (Phi) is 4.21. The highest BCUT2D eigenvalue weighted by atomic mass is 35.5. The minimum Gasteiger partial charge on any atom is -0.478 e. The molecule has 0 amide bonds. The van der Waals surface area contributed by atoms with Gasteiger partial charge in [0, 0.05) is 5.56 Å². The molecule has 98 valence electrons. The second-order valence-corrected chi connectivity index (χ2v) is 5.11. The van der Waals surface area contributed by atoms with Gasteiger partial charge in [-0.05, 0) is 24.3 Å². The van der Waals surface area contributed by atoms with Crippen molar-refractivity contribution in [2.24, 2.45) is 0 Å². The number of benzene rings is 1. The van der Waals surface area contributed by atoms with E-state index in [1.54, 1.807) is 6.07 Å². The van der Waals surface area contributed by atoms with Gasteiger partial charge in [-0.1, -0.05) is 46.4 Å². The summed E-state index contributed by atoms with van der Waals surface area (Å²) < 4.78 is 0. The first-order valence-corrected chi connectivity index (χ1v) is 6.46. The molecular weight excluding hydrogens is 332 g/mol. The predicted molar refractivity (Wildman–Crippen MR) is 76.7 cm³/mol. The molecule has 1 aromatic heterocycles. The summed E-state index contributed by atoms with van der Waals surface area (Å²) in [5.41, 5.74) is 0.476. The van der Waals surface area contributed by atoms with Crippen LogP contribution < -0.4 is 0 Å². The molecule has 0 aliphatic heterocycles. The van der Waals surface area contributed by atoms with Gasteiger partial charge in [-0.3, -0.25) is 0 Å². The fraction of sp³-hybridized carbons (Fsp3) is 0. The third-order valence-corrected chi connectivity index (χ3v) is 3.89. The maximum atomic E-state index is 11.2. The van der Waals surface area contributed by atoms with Crippen LogP contribution in [0.3, 0.4) is 0 Å². The molecule has 1 aromatic carbocycles. The topological polar surface area (TPSA) is 50.2 Å². The van der Waals surface area contributed by atoms with Crippen molar-refractivity contribution in [3.05, 3.63) is 50.0 Å². The SMILES string of the molecule is O=C(O)c1ccc(Cl)nc1-c1ccc(Cl)c(Cl)c1Cl. The summed E-state index contributed by atoms with van der Waals surface area (Å²) in [4.78, 5) is 15.2. The Morgan fingerprint density at radius 2 is 1.68 bits per heavy atom. The number of carboxylic acid groups (broad SMARTS) is 1. The summed E-state index contributed by atoms with van der Waals surface area (Å²) in [5.74, 6) is -1.14. The summed E-state index contributed by atoms with van der Waals surface area (Å²) >= 11 is 23.6. The Labute approximate surface area is 128 Å². The molecule has 3 nitrogen and oxygen atoms in total. The van der Waals surface area contributed by atoms with Gasteiger partial charge < -0.3 is 5.11 Å². The van der Waals surface area contributed by atoms with E-state index in [1.165, 1.54) is 18.2 Å². The van der Waals surface area contributed by atoms with Crippen LogP contribution in [0.15, 0.2) is 24.3 Å². The molecule has 0 saturated carbocycles. The number of aromatic nitrogens is 1. The number of rotatable bonds is 2. The summed E-state index contributed by atoms with van der Waals surface area (Å²) in [7, 11) is 0. The smallest absolute Gasteiger partial charge is 0.337 e. The lowest BCUT2D eigenvalue weighted by Gasteiger charge is -2.09. The van der Waals surface area contributed by atoms with Crippen molar-refractivity contribution in [2.75, 3.05) is 0 Å². The van der Waals surface area contributed by atoms with Crippen molar-refractivity contribution < 1.29 is 9.90 Å².